The number of alkyl halides is 2. The zero-order chi connectivity index (χ0) is 14.0. The number of H-pyrrole nitrogens is 1. The smallest absolute Gasteiger partial charge is 0.330 e. The number of aromatic amines is 1. The summed E-state index contributed by atoms with van der Waals surface area (Å²) >= 11 is 3.02. The Hall–Kier alpha value is -1.28. The maximum Gasteiger partial charge on any atom is 0.330 e. The van der Waals surface area contributed by atoms with Crippen molar-refractivity contribution in [2.45, 2.75) is 24.9 Å². The van der Waals surface area contributed by atoms with Gasteiger partial charge in [-0.2, -0.15) is 0 Å². The van der Waals surface area contributed by atoms with Gasteiger partial charge in [-0.25, -0.2) is 13.6 Å². The van der Waals surface area contributed by atoms with Gasteiger partial charge < -0.3 is 4.74 Å². The van der Waals surface area contributed by atoms with Crippen LogP contribution in [0.2, 0.25) is 0 Å². The number of ether oxygens (including phenoxy) is 1. The Balaban J connectivity index is 2.38. The first-order valence-electron chi connectivity index (χ1n) is 5.54. The number of rotatable bonds is 3. The molecule has 1 N–H and O–H groups in total. The van der Waals surface area contributed by atoms with Crippen LogP contribution in [0.5, 0.6) is 0 Å². The Morgan fingerprint density at radius 3 is 2.89 bits per heavy atom. The van der Waals surface area contributed by atoms with Gasteiger partial charge in [0.15, 0.2) is 0 Å². The highest BCUT2D eigenvalue weighted by Crippen LogP contribution is 2.30. The molecule has 104 valence electrons. The lowest BCUT2D eigenvalue weighted by Crippen LogP contribution is -2.33. The molecule has 1 aliphatic heterocycles. The van der Waals surface area contributed by atoms with E-state index in [-0.39, 0.29) is 12.0 Å². The van der Waals surface area contributed by atoms with Crippen molar-refractivity contribution in [1.82, 2.24) is 9.55 Å². The zero-order valence-corrected chi connectivity index (χ0v) is 11.3. The monoisotopic (exact) mass is 336 g/mol. The van der Waals surface area contributed by atoms with Crippen LogP contribution in [0, 0.1) is 0 Å². The summed E-state index contributed by atoms with van der Waals surface area (Å²) < 4.78 is 32.1. The second kappa shape index (κ2) is 5.79. The molecule has 8 heteroatoms. The van der Waals surface area contributed by atoms with Gasteiger partial charge in [-0.3, -0.25) is 14.3 Å². The summed E-state index contributed by atoms with van der Waals surface area (Å²) in [6.45, 7) is -0.954. The van der Waals surface area contributed by atoms with Gasteiger partial charge >= 0.3 is 5.69 Å². The summed E-state index contributed by atoms with van der Waals surface area (Å²) in [4.78, 5) is 26.7. The largest absolute Gasteiger partial charge is 0.349 e. The summed E-state index contributed by atoms with van der Waals surface area (Å²) in [6, 6.07) is 0. The molecule has 0 saturated carbocycles. The highest BCUT2D eigenvalue weighted by atomic mass is 79.9. The third kappa shape index (κ3) is 2.84. The number of nitrogens with zero attached hydrogens (tertiary/aromatic N) is 1. The van der Waals surface area contributed by atoms with Crippen LogP contribution in [-0.2, 0) is 4.74 Å². The predicted octanol–water partition coefficient (Wildman–Crippen LogP) is 1.50. The van der Waals surface area contributed by atoms with E-state index in [9.17, 15) is 18.4 Å². The van der Waals surface area contributed by atoms with Crippen LogP contribution in [0.15, 0.2) is 20.8 Å². The quantitative estimate of drug-likeness (QED) is 0.909. The van der Waals surface area contributed by atoms with Crippen LogP contribution >= 0.6 is 15.9 Å². The van der Waals surface area contributed by atoms with E-state index < -0.39 is 36.4 Å². The molecule has 1 aromatic rings. The van der Waals surface area contributed by atoms with Crippen LogP contribution in [-0.4, -0.2) is 28.5 Å². The van der Waals surface area contributed by atoms with Crippen LogP contribution in [0.25, 0.3) is 6.08 Å². The van der Waals surface area contributed by atoms with Crippen molar-refractivity contribution in [2.75, 3.05) is 6.67 Å². The van der Waals surface area contributed by atoms with Crippen molar-refractivity contribution in [3.8, 4) is 0 Å². The summed E-state index contributed by atoms with van der Waals surface area (Å²) in [5, 5.41) is 0. The Morgan fingerprint density at radius 2 is 2.32 bits per heavy atom. The molecule has 0 radical (unpaired) electrons. The topological polar surface area (TPSA) is 64.1 Å². The fraction of sp³-hybridized carbons (Fsp3) is 0.455. The molecule has 0 spiro atoms. The molecule has 0 bridgehead atoms. The van der Waals surface area contributed by atoms with E-state index in [2.05, 4.69) is 20.9 Å². The zero-order valence-electron chi connectivity index (χ0n) is 9.68. The van der Waals surface area contributed by atoms with E-state index in [4.69, 9.17) is 4.74 Å². The van der Waals surface area contributed by atoms with Crippen LogP contribution < -0.4 is 11.2 Å². The van der Waals surface area contributed by atoms with E-state index in [1.165, 1.54) is 17.3 Å². The number of nitrogens with one attached hydrogen (secondary N) is 1. The average molecular weight is 337 g/mol. The molecule has 5 nitrogen and oxygen atoms in total. The SMILES string of the molecule is O=c1[nH]c(=O)n([C@H]2C[C@H](F)[C@@H](CF)O2)cc1C=CBr. The Morgan fingerprint density at radius 1 is 1.58 bits per heavy atom. The van der Waals surface area contributed by atoms with Gasteiger partial charge in [-0.15, -0.1) is 0 Å². The van der Waals surface area contributed by atoms with Crippen molar-refractivity contribution in [2.24, 2.45) is 0 Å². The molecule has 1 fully saturated rings. The molecule has 3 atom stereocenters. The van der Waals surface area contributed by atoms with Gasteiger partial charge in [-0.1, -0.05) is 15.9 Å². The number of hydrogen-bond acceptors (Lipinski definition) is 3. The second-order valence-electron chi connectivity index (χ2n) is 4.08. The highest BCUT2D eigenvalue weighted by molar-refractivity contribution is 9.11. The van der Waals surface area contributed by atoms with Crippen LogP contribution in [0.1, 0.15) is 18.2 Å². The summed E-state index contributed by atoms with van der Waals surface area (Å²) in [5.41, 5.74) is -1.07. The highest BCUT2D eigenvalue weighted by Gasteiger charge is 2.36. The lowest BCUT2D eigenvalue weighted by molar-refractivity contribution is -0.0209. The van der Waals surface area contributed by atoms with Gasteiger partial charge in [0, 0.05) is 12.6 Å². The Kier molecular flexibility index (Phi) is 4.31. The summed E-state index contributed by atoms with van der Waals surface area (Å²) in [5.74, 6) is 0. The first-order valence-corrected chi connectivity index (χ1v) is 6.46. The second-order valence-corrected chi connectivity index (χ2v) is 4.61. The fourth-order valence-corrected chi connectivity index (χ4v) is 2.19. The van der Waals surface area contributed by atoms with Crippen LogP contribution in [0.4, 0.5) is 8.78 Å². The maximum atomic E-state index is 13.4. The molecule has 1 saturated heterocycles. The van der Waals surface area contributed by atoms with Crippen molar-refractivity contribution < 1.29 is 13.5 Å². The first-order chi connectivity index (χ1) is 9.06. The Labute approximate surface area is 115 Å². The third-order valence-electron chi connectivity index (χ3n) is 2.86. The third-order valence-corrected chi connectivity index (χ3v) is 3.13. The normalized spacial score (nSPS) is 27.2. The molecule has 0 unspecified atom stereocenters. The molecule has 0 aromatic carbocycles. The molecule has 0 aliphatic carbocycles. The molecule has 2 heterocycles. The van der Waals surface area contributed by atoms with E-state index >= 15 is 0 Å². The lowest BCUT2D eigenvalue weighted by atomic mass is 10.2. The van der Waals surface area contributed by atoms with Gasteiger partial charge in [0.25, 0.3) is 5.56 Å². The summed E-state index contributed by atoms with van der Waals surface area (Å²) in [6.07, 6.45) is -0.983. The van der Waals surface area contributed by atoms with E-state index in [1.54, 1.807) is 0 Å². The number of aromatic nitrogens is 2. The van der Waals surface area contributed by atoms with Crippen molar-refractivity contribution in [1.29, 1.82) is 0 Å². The van der Waals surface area contributed by atoms with Crippen LogP contribution in [0.3, 0.4) is 0 Å². The van der Waals surface area contributed by atoms with Gasteiger partial charge in [0.2, 0.25) is 0 Å². The lowest BCUT2D eigenvalue weighted by Gasteiger charge is -2.14. The van der Waals surface area contributed by atoms with Crippen molar-refractivity contribution in [3.05, 3.63) is 37.6 Å². The minimum Gasteiger partial charge on any atom is -0.349 e. The molecular formula is C11H11BrF2N2O3. The molecule has 1 aromatic heterocycles. The van der Waals surface area contributed by atoms with E-state index in [1.807, 2.05) is 0 Å². The Bertz CT molecular complexity index is 598. The van der Waals surface area contributed by atoms with Gasteiger partial charge in [-0.05, 0) is 11.1 Å². The summed E-state index contributed by atoms with van der Waals surface area (Å²) in [7, 11) is 0. The molecule has 19 heavy (non-hydrogen) atoms. The fourth-order valence-electron chi connectivity index (χ4n) is 1.90. The van der Waals surface area contributed by atoms with Crippen molar-refractivity contribution in [3.63, 3.8) is 0 Å². The molecular weight excluding hydrogens is 326 g/mol. The minimum absolute atomic E-state index is 0.127. The number of halogens is 3. The molecule has 2 rings (SSSR count). The molecule has 1 aliphatic rings. The van der Waals surface area contributed by atoms with E-state index in [0.29, 0.717) is 0 Å². The van der Waals surface area contributed by atoms with Gasteiger partial charge in [0.05, 0.1) is 5.56 Å². The van der Waals surface area contributed by atoms with Crippen molar-refractivity contribution >= 4 is 22.0 Å². The average Bonchev–Trinajstić information content (AvgIpc) is 2.74. The maximum absolute atomic E-state index is 13.4. The predicted molar refractivity (Wildman–Crippen MR) is 68.7 cm³/mol. The van der Waals surface area contributed by atoms with Gasteiger partial charge in [0.1, 0.15) is 25.2 Å². The molecule has 0 amide bonds. The number of hydrogen-bond donors (Lipinski definition) is 1. The first kappa shape index (κ1) is 14.1. The standard InChI is InChI=1S/C11H11BrF2N2O3/c12-2-1-6-5-16(11(18)15-10(6)17)9-3-7(14)8(4-13)19-9/h1-2,5,7-9H,3-4H2,(H,15,17,18)/t7-,8+,9+/m0/s1. The minimum atomic E-state index is -1.47. The van der Waals surface area contributed by atoms with E-state index in [0.717, 1.165) is 4.57 Å².